The fourth-order valence-electron chi connectivity index (χ4n) is 2.27. The SMILES string of the molecule is N#Cc1ccc2nc(NCc3cccc([N+](=O)[O-])c3)ccc2c1. The molecule has 1 aromatic heterocycles. The Morgan fingerprint density at radius 2 is 2.04 bits per heavy atom. The first-order valence-corrected chi connectivity index (χ1v) is 6.94. The highest BCUT2D eigenvalue weighted by Gasteiger charge is 2.06. The summed E-state index contributed by atoms with van der Waals surface area (Å²) >= 11 is 0. The third-order valence-electron chi connectivity index (χ3n) is 3.41. The lowest BCUT2D eigenvalue weighted by molar-refractivity contribution is -0.384. The fraction of sp³-hybridized carbons (Fsp3) is 0.0588. The van der Waals surface area contributed by atoms with E-state index in [2.05, 4.69) is 16.4 Å². The smallest absolute Gasteiger partial charge is 0.269 e. The minimum Gasteiger partial charge on any atom is -0.366 e. The summed E-state index contributed by atoms with van der Waals surface area (Å²) in [7, 11) is 0. The number of nitro groups is 1. The average molecular weight is 304 g/mol. The molecule has 112 valence electrons. The van der Waals surface area contributed by atoms with E-state index in [1.165, 1.54) is 12.1 Å². The fourth-order valence-corrected chi connectivity index (χ4v) is 2.27. The van der Waals surface area contributed by atoms with E-state index in [1.807, 2.05) is 18.2 Å². The summed E-state index contributed by atoms with van der Waals surface area (Å²) in [5, 5.41) is 23.7. The van der Waals surface area contributed by atoms with E-state index in [0.29, 0.717) is 17.9 Å². The van der Waals surface area contributed by atoms with Crippen LogP contribution in [0.25, 0.3) is 10.9 Å². The molecule has 0 atom stereocenters. The highest BCUT2D eigenvalue weighted by Crippen LogP contribution is 2.18. The number of non-ortho nitro benzene ring substituents is 1. The van der Waals surface area contributed by atoms with Crippen LogP contribution in [0.1, 0.15) is 11.1 Å². The van der Waals surface area contributed by atoms with Crippen molar-refractivity contribution in [1.82, 2.24) is 4.98 Å². The lowest BCUT2D eigenvalue weighted by atomic mass is 10.1. The molecule has 3 rings (SSSR count). The number of pyridine rings is 1. The molecule has 0 bridgehead atoms. The maximum absolute atomic E-state index is 10.8. The number of aromatic nitrogens is 1. The minimum absolute atomic E-state index is 0.0693. The zero-order valence-electron chi connectivity index (χ0n) is 12.1. The van der Waals surface area contributed by atoms with E-state index in [1.54, 1.807) is 24.3 Å². The number of nitrogens with zero attached hydrogens (tertiary/aromatic N) is 3. The normalized spacial score (nSPS) is 10.2. The molecule has 0 spiro atoms. The van der Waals surface area contributed by atoms with Crippen LogP contribution in [0, 0.1) is 21.4 Å². The summed E-state index contributed by atoms with van der Waals surface area (Å²) in [4.78, 5) is 14.8. The van der Waals surface area contributed by atoms with Gasteiger partial charge >= 0.3 is 0 Å². The van der Waals surface area contributed by atoms with Gasteiger partial charge in [-0.2, -0.15) is 5.26 Å². The molecule has 6 nitrogen and oxygen atoms in total. The van der Waals surface area contributed by atoms with Gasteiger partial charge in [-0.25, -0.2) is 4.98 Å². The predicted molar refractivity (Wildman–Crippen MR) is 86.9 cm³/mol. The minimum atomic E-state index is -0.412. The van der Waals surface area contributed by atoms with Crippen LogP contribution in [0.2, 0.25) is 0 Å². The Bertz CT molecular complexity index is 931. The van der Waals surface area contributed by atoms with Gasteiger partial charge in [-0.3, -0.25) is 10.1 Å². The largest absolute Gasteiger partial charge is 0.366 e. The summed E-state index contributed by atoms with van der Waals surface area (Å²) in [6.07, 6.45) is 0. The van der Waals surface area contributed by atoms with Crippen molar-refractivity contribution in [2.45, 2.75) is 6.54 Å². The molecule has 0 aliphatic carbocycles. The predicted octanol–water partition coefficient (Wildman–Crippen LogP) is 3.63. The number of nitro benzene ring substituents is 1. The van der Waals surface area contributed by atoms with Gasteiger partial charge in [0.25, 0.3) is 5.69 Å². The second kappa shape index (κ2) is 6.12. The zero-order valence-corrected chi connectivity index (χ0v) is 12.1. The number of anilines is 1. The Labute approximate surface area is 132 Å². The first kappa shape index (κ1) is 14.5. The van der Waals surface area contributed by atoms with Crippen molar-refractivity contribution in [2.24, 2.45) is 0 Å². The number of nitriles is 1. The van der Waals surface area contributed by atoms with Crippen molar-refractivity contribution < 1.29 is 4.92 Å². The van der Waals surface area contributed by atoms with Crippen LogP contribution in [0.3, 0.4) is 0 Å². The first-order valence-electron chi connectivity index (χ1n) is 6.94. The summed E-state index contributed by atoms with van der Waals surface area (Å²) < 4.78 is 0. The van der Waals surface area contributed by atoms with Gasteiger partial charge < -0.3 is 5.32 Å². The van der Waals surface area contributed by atoms with Gasteiger partial charge in [0, 0.05) is 24.1 Å². The molecular formula is C17H12N4O2. The van der Waals surface area contributed by atoms with E-state index >= 15 is 0 Å². The highest BCUT2D eigenvalue weighted by molar-refractivity contribution is 5.81. The van der Waals surface area contributed by atoms with Gasteiger partial charge in [0.05, 0.1) is 22.1 Å². The van der Waals surface area contributed by atoms with Crippen molar-refractivity contribution in [3.63, 3.8) is 0 Å². The molecule has 0 aliphatic heterocycles. The van der Waals surface area contributed by atoms with Gasteiger partial charge in [0.2, 0.25) is 0 Å². The van der Waals surface area contributed by atoms with Crippen molar-refractivity contribution in [1.29, 1.82) is 5.26 Å². The van der Waals surface area contributed by atoms with Gasteiger partial charge in [0.15, 0.2) is 0 Å². The highest BCUT2D eigenvalue weighted by atomic mass is 16.6. The third kappa shape index (κ3) is 3.24. The maximum Gasteiger partial charge on any atom is 0.269 e. The number of nitrogens with one attached hydrogen (secondary N) is 1. The second-order valence-electron chi connectivity index (χ2n) is 5.00. The average Bonchev–Trinajstić information content (AvgIpc) is 2.59. The number of hydrogen-bond donors (Lipinski definition) is 1. The zero-order chi connectivity index (χ0) is 16.2. The van der Waals surface area contributed by atoms with Crippen LogP contribution in [0.5, 0.6) is 0 Å². The summed E-state index contributed by atoms with van der Waals surface area (Å²) in [5.74, 6) is 0.675. The van der Waals surface area contributed by atoms with Crippen LogP contribution >= 0.6 is 0 Å². The molecule has 0 radical (unpaired) electrons. The van der Waals surface area contributed by atoms with Crippen molar-refractivity contribution in [3.05, 3.63) is 75.8 Å². The van der Waals surface area contributed by atoms with Gasteiger partial charge in [0.1, 0.15) is 5.82 Å². The molecule has 0 aliphatic rings. The summed E-state index contributed by atoms with van der Waals surface area (Å²) in [6.45, 7) is 0.441. The lowest BCUT2D eigenvalue weighted by Crippen LogP contribution is -2.02. The van der Waals surface area contributed by atoms with Gasteiger partial charge in [-0.15, -0.1) is 0 Å². The molecule has 3 aromatic rings. The first-order chi connectivity index (χ1) is 11.2. The van der Waals surface area contributed by atoms with Crippen LogP contribution < -0.4 is 5.32 Å². The van der Waals surface area contributed by atoms with Crippen molar-refractivity contribution >= 4 is 22.4 Å². The number of fused-ring (bicyclic) bond motifs is 1. The molecule has 6 heteroatoms. The molecule has 0 amide bonds. The van der Waals surface area contributed by atoms with Gasteiger partial charge in [-0.05, 0) is 35.9 Å². The van der Waals surface area contributed by atoms with Crippen LogP contribution in [0.15, 0.2) is 54.6 Å². The molecule has 0 unspecified atom stereocenters. The molecule has 1 heterocycles. The van der Waals surface area contributed by atoms with Crippen LogP contribution in [0.4, 0.5) is 11.5 Å². The molecule has 0 fully saturated rings. The van der Waals surface area contributed by atoms with E-state index in [9.17, 15) is 10.1 Å². The maximum atomic E-state index is 10.8. The molecule has 1 N–H and O–H groups in total. The van der Waals surface area contributed by atoms with E-state index < -0.39 is 4.92 Å². The Kier molecular flexibility index (Phi) is 3.85. The lowest BCUT2D eigenvalue weighted by Gasteiger charge is -2.07. The Morgan fingerprint density at radius 3 is 2.83 bits per heavy atom. The number of hydrogen-bond acceptors (Lipinski definition) is 5. The van der Waals surface area contributed by atoms with E-state index in [4.69, 9.17) is 5.26 Å². The summed E-state index contributed by atoms with van der Waals surface area (Å²) in [5.41, 5.74) is 2.25. The quantitative estimate of drug-likeness (QED) is 0.587. The van der Waals surface area contributed by atoms with E-state index in [0.717, 1.165) is 16.5 Å². The Morgan fingerprint density at radius 1 is 1.17 bits per heavy atom. The Hall–Kier alpha value is -3.46. The monoisotopic (exact) mass is 304 g/mol. The second-order valence-corrected chi connectivity index (χ2v) is 5.00. The third-order valence-corrected chi connectivity index (χ3v) is 3.41. The standard InChI is InChI=1S/C17H12N4O2/c18-10-12-4-6-16-14(8-12)5-7-17(20-16)19-11-13-2-1-3-15(9-13)21(22)23/h1-9H,11H2,(H,19,20). The molecular weight excluding hydrogens is 292 g/mol. The molecule has 0 saturated heterocycles. The van der Waals surface area contributed by atoms with Crippen LogP contribution in [-0.4, -0.2) is 9.91 Å². The van der Waals surface area contributed by atoms with E-state index in [-0.39, 0.29) is 5.69 Å². The topological polar surface area (TPSA) is 91.8 Å². The molecule has 0 saturated carbocycles. The number of rotatable bonds is 4. The van der Waals surface area contributed by atoms with Gasteiger partial charge in [-0.1, -0.05) is 12.1 Å². The van der Waals surface area contributed by atoms with Crippen molar-refractivity contribution in [2.75, 3.05) is 5.32 Å². The summed E-state index contributed by atoms with van der Waals surface area (Å²) in [6, 6.07) is 17.6. The number of benzene rings is 2. The van der Waals surface area contributed by atoms with Crippen molar-refractivity contribution in [3.8, 4) is 6.07 Å². The van der Waals surface area contributed by atoms with Crippen LogP contribution in [-0.2, 0) is 6.54 Å². The Balaban J connectivity index is 1.78. The molecule has 2 aromatic carbocycles. The molecule has 23 heavy (non-hydrogen) atoms.